The third-order valence-corrected chi connectivity index (χ3v) is 5.54. The van der Waals surface area contributed by atoms with Crippen molar-refractivity contribution in [3.63, 3.8) is 0 Å². The highest BCUT2D eigenvalue weighted by atomic mass is 16.3. The van der Waals surface area contributed by atoms with Crippen LogP contribution in [0.2, 0.25) is 0 Å². The van der Waals surface area contributed by atoms with E-state index in [2.05, 4.69) is 20.6 Å². The van der Waals surface area contributed by atoms with E-state index in [-0.39, 0.29) is 24.8 Å². The SMILES string of the molecule is O=C1CCC(N2Cc3cc(-n4cc(-c5ccnc(CO)c5)nn4)ccc3C2=O)C(=O)N1. The molecule has 156 valence electrons. The van der Waals surface area contributed by atoms with Crippen LogP contribution in [0.3, 0.4) is 0 Å². The highest BCUT2D eigenvalue weighted by molar-refractivity contribution is 6.05. The van der Waals surface area contributed by atoms with Crippen molar-refractivity contribution in [3.05, 3.63) is 59.5 Å². The van der Waals surface area contributed by atoms with Gasteiger partial charge in [-0.1, -0.05) is 5.21 Å². The van der Waals surface area contributed by atoms with Crippen molar-refractivity contribution >= 4 is 17.7 Å². The van der Waals surface area contributed by atoms with Crippen molar-refractivity contribution in [2.24, 2.45) is 0 Å². The van der Waals surface area contributed by atoms with Gasteiger partial charge in [-0.15, -0.1) is 5.10 Å². The summed E-state index contributed by atoms with van der Waals surface area (Å²) in [5, 5.41) is 19.9. The van der Waals surface area contributed by atoms with Gasteiger partial charge in [-0.3, -0.25) is 24.7 Å². The van der Waals surface area contributed by atoms with Gasteiger partial charge in [0, 0.05) is 30.3 Å². The Morgan fingerprint density at radius 1 is 1.16 bits per heavy atom. The number of aliphatic hydroxyl groups excluding tert-OH is 1. The Bertz CT molecular complexity index is 1220. The number of aromatic nitrogens is 4. The molecule has 4 heterocycles. The molecule has 2 aromatic heterocycles. The maximum absolute atomic E-state index is 12.8. The second-order valence-corrected chi connectivity index (χ2v) is 7.48. The van der Waals surface area contributed by atoms with Crippen LogP contribution in [0.4, 0.5) is 0 Å². The molecule has 3 aromatic rings. The average Bonchev–Trinajstić information content (AvgIpc) is 3.39. The van der Waals surface area contributed by atoms with Crippen LogP contribution in [-0.2, 0) is 22.7 Å². The number of carbonyl (C=O) groups is 3. The third-order valence-electron chi connectivity index (χ3n) is 5.54. The van der Waals surface area contributed by atoms with Crippen LogP contribution in [0.5, 0.6) is 0 Å². The quantitative estimate of drug-likeness (QED) is 0.593. The first-order chi connectivity index (χ1) is 15.0. The topological polar surface area (TPSA) is 130 Å². The van der Waals surface area contributed by atoms with Gasteiger partial charge in [0.2, 0.25) is 11.8 Å². The van der Waals surface area contributed by atoms with Crippen molar-refractivity contribution < 1.29 is 19.5 Å². The molecule has 5 rings (SSSR count). The van der Waals surface area contributed by atoms with Gasteiger partial charge in [0.05, 0.1) is 24.2 Å². The molecule has 0 saturated carbocycles. The normalized spacial score (nSPS) is 18.3. The summed E-state index contributed by atoms with van der Waals surface area (Å²) < 4.78 is 1.60. The Morgan fingerprint density at radius 2 is 2.03 bits per heavy atom. The van der Waals surface area contributed by atoms with E-state index >= 15 is 0 Å². The van der Waals surface area contributed by atoms with Crippen LogP contribution in [0.25, 0.3) is 16.9 Å². The number of carbonyl (C=O) groups excluding carboxylic acids is 3. The number of benzene rings is 1. The van der Waals surface area contributed by atoms with Gasteiger partial charge in [-0.05, 0) is 42.3 Å². The lowest BCUT2D eigenvalue weighted by molar-refractivity contribution is -0.136. The van der Waals surface area contributed by atoms with Crippen molar-refractivity contribution in [2.45, 2.75) is 32.0 Å². The maximum Gasteiger partial charge on any atom is 0.255 e. The smallest absolute Gasteiger partial charge is 0.255 e. The summed E-state index contributed by atoms with van der Waals surface area (Å²) in [6, 6.07) is 8.22. The molecule has 10 nitrogen and oxygen atoms in total. The number of nitrogens with one attached hydrogen (secondary N) is 1. The Labute approximate surface area is 176 Å². The van der Waals surface area contributed by atoms with Crippen LogP contribution < -0.4 is 5.32 Å². The van der Waals surface area contributed by atoms with Crippen LogP contribution >= 0.6 is 0 Å². The predicted octanol–water partition coefficient (Wildman–Crippen LogP) is 0.583. The van der Waals surface area contributed by atoms with Gasteiger partial charge in [-0.25, -0.2) is 4.68 Å². The van der Waals surface area contributed by atoms with Gasteiger partial charge < -0.3 is 10.0 Å². The molecule has 10 heteroatoms. The standard InChI is InChI=1S/C21H18N6O4/c28-11-14-7-12(5-6-22-14)17-10-27(25-24-17)15-1-2-16-13(8-15)9-26(21(16)31)18-3-4-19(29)23-20(18)30/h1-2,5-8,10,18,28H,3-4,9,11H2,(H,23,29,30). The molecule has 2 aliphatic heterocycles. The zero-order valence-electron chi connectivity index (χ0n) is 16.4. The molecule has 1 unspecified atom stereocenters. The molecular formula is C21H18N6O4. The Balaban J connectivity index is 1.40. The van der Waals surface area contributed by atoms with Crippen LogP contribution in [0.15, 0.2) is 42.7 Å². The molecule has 0 aliphatic carbocycles. The van der Waals surface area contributed by atoms with Crippen molar-refractivity contribution in [2.75, 3.05) is 0 Å². The average molecular weight is 418 g/mol. The summed E-state index contributed by atoms with van der Waals surface area (Å²) in [5.41, 5.74) is 4.00. The number of piperidine rings is 1. The van der Waals surface area contributed by atoms with Crippen LogP contribution in [-0.4, -0.2) is 53.7 Å². The zero-order chi connectivity index (χ0) is 21.5. The summed E-state index contributed by atoms with van der Waals surface area (Å²) in [5.74, 6) is -0.961. The zero-order valence-corrected chi connectivity index (χ0v) is 16.4. The van der Waals surface area contributed by atoms with Crippen LogP contribution in [0, 0.1) is 0 Å². The first-order valence-corrected chi connectivity index (χ1v) is 9.80. The molecule has 2 aliphatic rings. The van der Waals surface area contributed by atoms with E-state index in [0.717, 1.165) is 16.8 Å². The molecule has 1 fully saturated rings. The lowest BCUT2D eigenvalue weighted by Crippen LogP contribution is -2.52. The lowest BCUT2D eigenvalue weighted by Gasteiger charge is -2.29. The molecule has 1 aromatic carbocycles. The third kappa shape index (κ3) is 3.36. The van der Waals surface area contributed by atoms with E-state index in [1.54, 1.807) is 41.3 Å². The highest BCUT2D eigenvalue weighted by Crippen LogP contribution is 2.29. The molecule has 0 radical (unpaired) electrons. The number of imide groups is 1. The number of amides is 3. The lowest BCUT2D eigenvalue weighted by atomic mass is 10.0. The molecule has 3 amide bonds. The number of fused-ring (bicyclic) bond motifs is 1. The molecular weight excluding hydrogens is 400 g/mol. The van der Waals surface area contributed by atoms with Crippen LogP contribution in [0.1, 0.15) is 34.5 Å². The Morgan fingerprint density at radius 3 is 2.84 bits per heavy atom. The van der Waals surface area contributed by atoms with Crippen molar-refractivity contribution in [1.82, 2.24) is 30.2 Å². The summed E-state index contributed by atoms with van der Waals surface area (Å²) in [6.07, 6.45) is 3.90. The number of rotatable bonds is 4. The number of hydrogen-bond acceptors (Lipinski definition) is 7. The molecule has 31 heavy (non-hydrogen) atoms. The van der Waals surface area contributed by atoms with Gasteiger partial charge in [0.15, 0.2) is 0 Å². The fourth-order valence-electron chi connectivity index (χ4n) is 3.95. The van der Waals surface area contributed by atoms with Gasteiger partial charge in [-0.2, -0.15) is 0 Å². The minimum absolute atomic E-state index is 0.162. The molecule has 0 bridgehead atoms. The molecule has 1 saturated heterocycles. The van der Waals surface area contributed by atoms with E-state index in [0.29, 0.717) is 29.9 Å². The van der Waals surface area contributed by atoms with E-state index in [4.69, 9.17) is 0 Å². The van der Waals surface area contributed by atoms with Gasteiger partial charge >= 0.3 is 0 Å². The van der Waals surface area contributed by atoms with E-state index in [1.165, 1.54) is 4.90 Å². The number of hydrogen-bond donors (Lipinski definition) is 2. The molecule has 2 N–H and O–H groups in total. The molecule has 0 spiro atoms. The number of pyridine rings is 1. The van der Waals surface area contributed by atoms with Crippen molar-refractivity contribution in [3.8, 4) is 16.9 Å². The van der Waals surface area contributed by atoms with Gasteiger partial charge in [0.1, 0.15) is 11.7 Å². The van der Waals surface area contributed by atoms with E-state index in [9.17, 15) is 19.5 Å². The summed E-state index contributed by atoms with van der Waals surface area (Å²) >= 11 is 0. The predicted molar refractivity (Wildman–Crippen MR) is 107 cm³/mol. The Kier molecular flexibility index (Phi) is 4.55. The first kappa shape index (κ1) is 19.1. The van der Waals surface area contributed by atoms with Crippen molar-refractivity contribution in [1.29, 1.82) is 0 Å². The first-order valence-electron chi connectivity index (χ1n) is 9.80. The fraction of sp³-hybridized carbons (Fsp3) is 0.238. The summed E-state index contributed by atoms with van der Waals surface area (Å²) in [4.78, 5) is 42.0. The van der Waals surface area contributed by atoms with Gasteiger partial charge in [0.25, 0.3) is 5.91 Å². The summed E-state index contributed by atoms with van der Waals surface area (Å²) in [7, 11) is 0. The highest BCUT2D eigenvalue weighted by Gasteiger charge is 2.39. The minimum atomic E-state index is -0.647. The fourth-order valence-corrected chi connectivity index (χ4v) is 3.95. The number of nitrogens with zero attached hydrogens (tertiary/aromatic N) is 5. The van der Waals surface area contributed by atoms with E-state index in [1.807, 2.05) is 6.07 Å². The van der Waals surface area contributed by atoms with E-state index < -0.39 is 11.9 Å². The largest absolute Gasteiger partial charge is 0.390 e. The Hall–Kier alpha value is -3.92. The number of aliphatic hydroxyl groups is 1. The molecule has 1 atom stereocenters. The second-order valence-electron chi connectivity index (χ2n) is 7.48. The monoisotopic (exact) mass is 418 g/mol. The summed E-state index contributed by atoms with van der Waals surface area (Å²) in [6.45, 7) is 0.130. The maximum atomic E-state index is 12.8. The minimum Gasteiger partial charge on any atom is -0.390 e. The second kappa shape index (κ2) is 7.40.